The summed E-state index contributed by atoms with van der Waals surface area (Å²) in [5, 5.41) is 0. The molecule has 0 bridgehead atoms. The van der Waals surface area contributed by atoms with Crippen molar-refractivity contribution in [2.24, 2.45) is 0 Å². The Labute approximate surface area is 132 Å². The second kappa shape index (κ2) is 5.96. The molecule has 2 nitrogen and oxygen atoms in total. The minimum Gasteiger partial charge on any atom is -0.332 e. The van der Waals surface area contributed by atoms with Crippen molar-refractivity contribution >= 4 is 5.91 Å². The van der Waals surface area contributed by atoms with Crippen molar-refractivity contribution in [2.45, 2.75) is 38.1 Å². The molecule has 0 radical (unpaired) electrons. The van der Waals surface area contributed by atoms with Gasteiger partial charge in [-0.2, -0.15) is 0 Å². The molecule has 0 saturated heterocycles. The van der Waals surface area contributed by atoms with Crippen LogP contribution in [0.25, 0.3) is 0 Å². The van der Waals surface area contributed by atoms with Crippen molar-refractivity contribution in [3.8, 4) is 0 Å². The molecule has 2 aromatic rings. The first-order chi connectivity index (χ1) is 10.7. The van der Waals surface area contributed by atoms with Crippen LogP contribution in [-0.4, -0.2) is 17.9 Å². The Morgan fingerprint density at radius 2 is 1.68 bits per heavy atom. The predicted octanol–water partition coefficient (Wildman–Crippen LogP) is 4.40. The van der Waals surface area contributed by atoms with Crippen LogP contribution < -0.4 is 0 Å². The fourth-order valence-electron chi connectivity index (χ4n) is 3.64. The van der Waals surface area contributed by atoms with Crippen LogP contribution in [0.2, 0.25) is 0 Å². The molecule has 114 valence electrons. The first-order valence-corrected chi connectivity index (χ1v) is 8.10. The number of rotatable bonds is 5. The molecule has 0 spiro atoms. The van der Waals surface area contributed by atoms with Crippen molar-refractivity contribution < 1.29 is 4.79 Å². The molecular formula is C20H23NO. The lowest BCUT2D eigenvalue weighted by molar-refractivity contribution is 0.0604. The topological polar surface area (TPSA) is 20.3 Å². The van der Waals surface area contributed by atoms with Crippen molar-refractivity contribution in [3.05, 3.63) is 71.3 Å². The molecule has 0 N–H and O–H groups in total. The number of carbonyl (C=O) groups excluding carboxylic acids is 1. The molecule has 2 aromatic carbocycles. The van der Waals surface area contributed by atoms with Crippen LogP contribution in [0.5, 0.6) is 0 Å². The van der Waals surface area contributed by atoms with Crippen LogP contribution in [-0.2, 0) is 12.0 Å². The number of benzene rings is 2. The second-order valence-electron chi connectivity index (χ2n) is 6.21. The van der Waals surface area contributed by atoms with Gasteiger partial charge in [0.15, 0.2) is 0 Å². The van der Waals surface area contributed by atoms with Crippen LogP contribution in [0, 0.1) is 0 Å². The summed E-state index contributed by atoms with van der Waals surface area (Å²) >= 11 is 0. The third-order valence-electron chi connectivity index (χ3n) is 4.89. The van der Waals surface area contributed by atoms with Gasteiger partial charge in [-0.05, 0) is 30.0 Å². The van der Waals surface area contributed by atoms with Crippen molar-refractivity contribution in [1.82, 2.24) is 4.90 Å². The maximum absolute atomic E-state index is 12.7. The van der Waals surface area contributed by atoms with E-state index in [2.05, 4.69) is 43.3 Å². The SMILES string of the molecule is CCCCC1(Cc2ccccc2)c2ccccc2C(=O)N1C. The molecule has 1 atom stereocenters. The fraction of sp³-hybridized carbons (Fsp3) is 0.350. The van der Waals surface area contributed by atoms with Gasteiger partial charge in [0.05, 0.1) is 5.54 Å². The molecule has 0 fully saturated rings. The summed E-state index contributed by atoms with van der Waals surface area (Å²) in [6.45, 7) is 2.21. The molecular weight excluding hydrogens is 270 g/mol. The van der Waals surface area contributed by atoms with Crippen molar-refractivity contribution in [1.29, 1.82) is 0 Å². The molecule has 1 amide bonds. The van der Waals surface area contributed by atoms with E-state index in [1.165, 1.54) is 11.1 Å². The molecule has 0 aliphatic carbocycles. The summed E-state index contributed by atoms with van der Waals surface area (Å²) in [5.74, 6) is 0.155. The van der Waals surface area contributed by atoms with Gasteiger partial charge in [0.2, 0.25) is 0 Å². The van der Waals surface area contributed by atoms with Crippen LogP contribution in [0.1, 0.15) is 47.7 Å². The number of likely N-dealkylation sites (N-methyl/N-ethyl adjacent to an activating group) is 1. The lowest BCUT2D eigenvalue weighted by atomic mass is 9.80. The number of carbonyl (C=O) groups is 1. The highest BCUT2D eigenvalue weighted by atomic mass is 16.2. The third-order valence-corrected chi connectivity index (χ3v) is 4.89. The molecule has 1 heterocycles. The highest BCUT2D eigenvalue weighted by Gasteiger charge is 2.46. The van der Waals surface area contributed by atoms with E-state index in [4.69, 9.17) is 0 Å². The third kappa shape index (κ3) is 2.33. The normalized spacial score (nSPS) is 20.3. The van der Waals surface area contributed by atoms with Gasteiger partial charge in [-0.25, -0.2) is 0 Å². The van der Waals surface area contributed by atoms with Crippen molar-refractivity contribution in [3.63, 3.8) is 0 Å². The highest BCUT2D eigenvalue weighted by molar-refractivity contribution is 5.99. The minimum absolute atomic E-state index is 0.155. The van der Waals surface area contributed by atoms with Crippen LogP contribution in [0.3, 0.4) is 0 Å². The highest BCUT2D eigenvalue weighted by Crippen LogP contribution is 2.44. The van der Waals surface area contributed by atoms with Crippen LogP contribution in [0.4, 0.5) is 0 Å². The van der Waals surface area contributed by atoms with Gasteiger partial charge in [0.1, 0.15) is 0 Å². The molecule has 3 rings (SSSR count). The number of fused-ring (bicyclic) bond motifs is 1. The molecule has 22 heavy (non-hydrogen) atoms. The monoisotopic (exact) mass is 293 g/mol. The standard InChI is InChI=1S/C20H23NO/c1-3-4-14-20(15-16-10-6-5-7-11-16)18-13-9-8-12-17(18)19(22)21(20)2/h5-13H,3-4,14-15H2,1-2H3. The van der Waals surface area contributed by atoms with E-state index in [1.807, 2.05) is 30.1 Å². The van der Waals surface area contributed by atoms with E-state index in [9.17, 15) is 4.79 Å². The van der Waals surface area contributed by atoms with Gasteiger partial charge < -0.3 is 4.90 Å². The molecule has 0 aromatic heterocycles. The van der Waals surface area contributed by atoms with Gasteiger partial charge in [-0.1, -0.05) is 68.3 Å². The van der Waals surface area contributed by atoms with Gasteiger partial charge in [0.25, 0.3) is 5.91 Å². The van der Waals surface area contributed by atoms with E-state index < -0.39 is 0 Å². The summed E-state index contributed by atoms with van der Waals surface area (Å²) in [7, 11) is 1.96. The number of unbranched alkanes of at least 4 members (excludes halogenated alkanes) is 1. The van der Waals surface area contributed by atoms with Gasteiger partial charge in [-0.3, -0.25) is 4.79 Å². The first-order valence-electron chi connectivity index (χ1n) is 8.10. The van der Waals surface area contributed by atoms with Crippen LogP contribution >= 0.6 is 0 Å². The predicted molar refractivity (Wildman–Crippen MR) is 89.9 cm³/mol. The molecule has 1 aliphatic heterocycles. The average molecular weight is 293 g/mol. The summed E-state index contributed by atoms with van der Waals surface area (Å²) in [6, 6.07) is 18.6. The first kappa shape index (κ1) is 14.8. The summed E-state index contributed by atoms with van der Waals surface area (Å²) < 4.78 is 0. The second-order valence-corrected chi connectivity index (χ2v) is 6.21. The Hall–Kier alpha value is -2.09. The largest absolute Gasteiger partial charge is 0.332 e. The van der Waals surface area contributed by atoms with Crippen molar-refractivity contribution in [2.75, 3.05) is 7.05 Å². The number of nitrogens with zero attached hydrogens (tertiary/aromatic N) is 1. The lowest BCUT2D eigenvalue weighted by Crippen LogP contribution is -2.43. The maximum Gasteiger partial charge on any atom is 0.254 e. The quantitative estimate of drug-likeness (QED) is 0.800. The van der Waals surface area contributed by atoms with Gasteiger partial charge >= 0.3 is 0 Å². The van der Waals surface area contributed by atoms with E-state index >= 15 is 0 Å². The Kier molecular flexibility index (Phi) is 4.02. The zero-order valence-corrected chi connectivity index (χ0v) is 13.4. The Bertz CT molecular complexity index is 664. The average Bonchev–Trinajstić information content (AvgIpc) is 2.77. The Morgan fingerprint density at radius 3 is 2.41 bits per heavy atom. The minimum atomic E-state index is -0.203. The molecule has 0 saturated carbocycles. The Balaban J connectivity index is 2.08. The number of hydrogen-bond donors (Lipinski definition) is 0. The zero-order chi connectivity index (χ0) is 15.6. The number of amides is 1. The number of hydrogen-bond acceptors (Lipinski definition) is 1. The summed E-state index contributed by atoms with van der Waals surface area (Å²) in [6.07, 6.45) is 4.16. The van der Waals surface area contributed by atoms with E-state index in [-0.39, 0.29) is 11.4 Å². The fourth-order valence-corrected chi connectivity index (χ4v) is 3.64. The lowest BCUT2D eigenvalue weighted by Gasteiger charge is -2.37. The van der Waals surface area contributed by atoms with Gasteiger partial charge in [-0.15, -0.1) is 0 Å². The van der Waals surface area contributed by atoms with E-state index in [1.54, 1.807) is 0 Å². The molecule has 1 aliphatic rings. The zero-order valence-electron chi connectivity index (χ0n) is 13.4. The van der Waals surface area contributed by atoms with E-state index in [0.29, 0.717) is 0 Å². The summed E-state index contributed by atoms with van der Waals surface area (Å²) in [4.78, 5) is 14.7. The van der Waals surface area contributed by atoms with E-state index in [0.717, 1.165) is 31.2 Å². The van der Waals surface area contributed by atoms with Gasteiger partial charge in [0, 0.05) is 12.6 Å². The molecule has 2 heteroatoms. The smallest absolute Gasteiger partial charge is 0.254 e. The van der Waals surface area contributed by atoms with Crippen LogP contribution in [0.15, 0.2) is 54.6 Å². The molecule has 1 unspecified atom stereocenters. The maximum atomic E-state index is 12.7. The summed E-state index contributed by atoms with van der Waals surface area (Å²) in [5.41, 5.74) is 3.15. The Morgan fingerprint density at radius 1 is 1.00 bits per heavy atom.